The van der Waals surface area contributed by atoms with Crippen molar-refractivity contribution < 1.29 is 5.11 Å². The number of anilines is 1. The average Bonchev–Trinajstić information content (AvgIpc) is 2.32. The van der Waals surface area contributed by atoms with Crippen LogP contribution in [0.2, 0.25) is 5.02 Å². The standard InChI is InChI=1S/C12H11ClN2O/c13-11-6-9(3-4-12(11)16)7-15-10-2-1-5-14-8-10/h1-6,8,15-16H,7H2. The molecule has 0 saturated carbocycles. The van der Waals surface area contributed by atoms with Gasteiger partial charge in [-0.1, -0.05) is 17.7 Å². The molecule has 0 aliphatic heterocycles. The summed E-state index contributed by atoms with van der Waals surface area (Å²) in [5.74, 6) is 0.104. The summed E-state index contributed by atoms with van der Waals surface area (Å²) in [5, 5.41) is 12.8. The number of hydrogen-bond acceptors (Lipinski definition) is 3. The maximum absolute atomic E-state index is 9.27. The molecule has 1 aromatic heterocycles. The second kappa shape index (κ2) is 4.86. The van der Waals surface area contributed by atoms with Crippen molar-refractivity contribution in [3.63, 3.8) is 0 Å². The van der Waals surface area contributed by atoms with Gasteiger partial charge in [0.1, 0.15) is 5.75 Å². The molecule has 0 fully saturated rings. The van der Waals surface area contributed by atoms with Crippen LogP contribution in [0.15, 0.2) is 42.7 Å². The summed E-state index contributed by atoms with van der Waals surface area (Å²) in [6.45, 7) is 0.645. The fraction of sp³-hybridized carbons (Fsp3) is 0.0833. The molecular formula is C12H11ClN2O. The molecular weight excluding hydrogens is 224 g/mol. The predicted octanol–water partition coefficient (Wildman–Crippen LogP) is 3.05. The highest BCUT2D eigenvalue weighted by atomic mass is 35.5. The number of halogens is 1. The third-order valence-electron chi connectivity index (χ3n) is 2.17. The molecule has 2 rings (SSSR count). The number of rotatable bonds is 3. The lowest BCUT2D eigenvalue weighted by atomic mass is 10.2. The Kier molecular flexibility index (Phi) is 3.27. The molecule has 1 heterocycles. The molecule has 1 aromatic carbocycles. The van der Waals surface area contributed by atoms with E-state index in [1.807, 2.05) is 18.2 Å². The van der Waals surface area contributed by atoms with E-state index in [1.54, 1.807) is 24.5 Å². The fourth-order valence-electron chi connectivity index (χ4n) is 1.33. The molecule has 0 unspecified atom stereocenters. The lowest BCUT2D eigenvalue weighted by Crippen LogP contribution is -1.99. The summed E-state index contributed by atoms with van der Waals surface area (Å²) in [7, 11) is 0. The Morgan fingerprint density at radius 3 is 2.88 bits per heavy atom. The number of pyridine rings is 1. The Morgan fingerprint density at radius 1 is 1.31 bits per heavy atom. The zero-order chi connectivity index (χ0) is 11.4. The van der Waals surface area contributed by atoms with E-state index in [4.69, 9.17) is 11.6 Å². The second-order valence-corrected chi connectivity index (χ2v) is 3.79. The minimum atomic E-state index is 0.104. The normalized spacial score (nSPS) is 10.1. The smallest absolute Gasteiger partial charge is 0.134 e. The van der Waals surface area contributed by atoms with Gasteiger partial charge in [-0.3, -0.25) is 4.98 Å². The van der Waals surface area contributed by atoms with Crippen molar-refractivity contribution in [1.29, 1.82) is 0 Å². The molecule has 0 atom stereocenters. The lowest BCUT2D eigenvalue weighted by Gasteiger charge is -2.06. The Bertz CT molecular complexity index is 474. The van der Waals surface area contributed by atoms with Gasteiger partial charge in [0.15, 0.2) is 0 Å². The van der Waals surface area contributed by atoms with Gasteiger partial charge < -0.3 is 10.4 Å². The van der Waals surface area contributed by atoms with Crippen molar-refractivity contribution in [2.75, 3.05) is 5.32 Å². The monoisotopic (exact) mass is 234 g/mol. The first-order valence-electron chi connectivity index (χ1n) is 4.87. The van der Waals surface area contributed by atoms with Gasteiger partial charge in [-0.15, -0.1) is 0 Å². The predicted molar refractivity (Wildman–Crippen MR) is 64.7 cm³/mol. The van der Waals surface area contributed by atoms with Crippen LogP contribution in [0.25, 0.3) is 0 Å². The van der Waals surface area contributed by atoms with Crippen LogP contribution >= 0.6 is 11.6 Å². The molecule has 16 heavy (non-hydrogen) atoms. The third-order valence-corrected chi connectivity index (χ3v) is 2.47. The van der Waals surface area contributed by atoms with Crippen LogP contribution in [0.4, 0.5) is 5.69 Å². The quantitative estimate of drug-likeness (QED) is 0.858. The van der Waals surface area contributed by atoms with Gasteiger partial charge in [-0.2, -0.15) is 0 Å². The summed E-state index contributed by atoms with van der Waals surface area (Å²) in [6, 6.07) is 8.95. The first-order valence-corrected chi connectivity index (χ1v) is 5.25. The Morgan fingerprint density at radius 2 is 2.19 bits per heavy atom. The fourth-order valence-corrected chi connectivity index (χ4v) is 1.53. The van der Waals surface area contributed by atoms with Crippen molar-refractivity contribution in [1.82, 2.24) is 4.98 Å². The lowest BCUT2D eigenvalue weighted by molar-refractivity contribution is 0.475. The maximum atomic E-state index is 9.27. The maximum Gasteiger partial charge on any atom is 0.134 e. The SMILES string of the molecule is Oc1ccc(CNc2cccnc2)cc1Cl. The van der Waals surface area contributed by atoms with Crippen molar-refractivity contribution in [2.45, 2.75) is 6.54 Å². The van der Waals surface area contributed by atoms with Gasteiger partial charge in [0.25, 0.3) is 0 Å². The molecule has 2 aromatic rings. The molecule has 0 radical (unpaired) electrons. The number of nitrogens with one attached hydrogen (secondary N) is 1. The van der Waals surface area contributed by atoms with Gasteiger partial charge in [-0.25, -0.2) is 0 Å². The zero-order valence-electron chi connectivity index (χ0n) is 8.52. The Labute approximate surface area is 98.7 Å². The van der Waals surface area contributed by atoms with Crippen LogP contribution in [0, 0.1) is 0 Å². The van der Waals surface area contributed by atoms with Crippen LogP contribution in [-0.4, -0.2) is 10.1 Å². The number of nitrogens with zero attached hydrogens (tertiary/aromatic N) is 1. The zero-order valence-corrected chi connectivity index (χ0v) is 9.28. The first kappa shape index (κ1) is 10.8. The third kappa shape index (κ3) is 2.64. The van der Waals surface area contributed by atoms with Crippen molar-refractivity contribution in [3.05, 3.63) is 53.3 Å². The van der Waals surface area contributed by atoms with Crippen molar-refractivity contribution in [3.8, 4) is 5.75 Å². The molecule has 0 bridgehead atoms. The van der Waals surface area contributed by atoms with E-state index < -0.39 is 0 Å². The molecule has 82 valence electrons. The first-order chi connectivity index (χ1) is 7.75. The highest BCUT2D eigenvalue weighted by molar-refractivity contribution is 6.32. The highest BCUT2D eigenvalue weighted by Crippen LogP contribution is 2.23. The molecule has 0 saturated heterocycles. The van der Waals surface area contributed by atoms with Crippen LogP contribution in [0.5, 0.6) is 5.75 Å². The highest BCUT2D eigenvalue weighted by Gasteiger charge is 1.99. The van der Waals surface area contributed by atoms with E-state index in [0.717, 1.165) is 11.3 Å². The Hall–Kier alpha value is -1.74. The summed E-state index contributed by atoms with van der Waals surface area (Å²) < 4.78 is 0. The molecule has 4 heteroatoms. The Balaban J connectivity index is 2.03. The van der Waals surface area contributed by atoms with Crippen LogP contribution in [-0.2, 0) is 6.54 Å². The summed E-state index contributed by atoms with van der Waals surface area (Å²) >= 11 is 5.81. The molecule has 2 N–H and O–H groups in total. The topological polar surface area (TPSA) is 45.1 Å². The minimum Gasteiger partial charge on any atom is -0.506 e. The van der Waals surface area contributed by atoms with Gasteiger partial charge in [0.2, 0.25) is 0 Å². The average molecular weight is 235 g/mol. The van der Waals surface area contributed by atoms with E-state index in [-0.39, 0.29) is 5.75 Å². The molecule has 0 aliphatic rings. The van der Waals surface area contributed by atoms with Crippen LogP contribution in [0.3, 0.4) is 0 Å². The van der Waals surface area contributed by atoms with E-state index >= 15 is 0 Å². The molecule has 0 spiro atoms. The molecule has 0 aliphatic carbocycles. The van der Waals surface area contributed by atoms with E-state index in [2.05, 4.69) is 10.3 Å². The van der Waals surface area contributed by atoms with Gasteiger partial charge in [0.05, 0.1) is 10.7 Å². The number of aromatic hydroxyl groups is 1. The van der Waals surface area contributed by atoms with Gasteiger partial charge >= 0.3 is 0 Å². The minimum absolute atomic E-state index is 0.104. The van der Waals surface area contributed by atoms with E-state index in [9.17, 15) is 5.11 Å². The number of phenolic OH excluding ortho intramolecular Hbond substituents is 1. The summed E-state index contributed by atoms with van der Waals surface area (Å²) in [4.78, 5) is 4.00. The summed E-state index contributed by atoms with van der Waals surface area (Å²) in [5.41, 5.74) is 1.96. The van der Waals surface area contributed by atoms with Crippen molar-refractivity contribution >= 4 is 17.3 Å². The molecule has 0 amide bonds. The number of aromatic nitrogens is 1. The van der Waals surface area contributed by atoms with Crippen molar-refractivity contribution in [2.24, 2.45) is 0 Å². The second-order valence-electron chi connectivity index (χ2n) is 3.38. The largest absolute Gasteiger partial charge is 0.506 e. The number of benzene rings is 1. The summed E-state index contributed by atoms with van der Waals surface area (Å²) in [6.07, 6.45) is 3.48. The van der Waals surface area contributed by atoms with E-state index in [1.165, 1.54) is 0 Å². The van der Waals surface area contributed by atoms with Gasteiger partial charge in [0, 0.05) is 18.9 Å². The number of phenols is 1. The van der Waals surface area contributed by atoms with Crippen LogP contribution in [0.1, 0.15) is 5.56 Å². The van der Waals surface area contributed by atoms with E-state index in [0.29, 0.717) is 11.6 Å². The number of hydrogen-bond donors (Lipinski definition) is 2. The van der Waals surface area contributed by atoms with Crippen LogP contribution < -0.4 is 5.32 Å². The van der Waals surface area contributed by atoms with Gasteiger partial charge in [-0.05, 0) is 29.8 Å². The molecule has 3 nitrogen and oxygen atoms in total.